The Morgan fingerprint density at radius 2 is 1.56 bits per heavy atom. The third-order valence-electron chi connectivity index (χ3n) is 1.97. The molecule has 2 aromatic rings. The molecule has 0 aliphatic rings. The van der Waals surface area contributed by atoms with Gasteiger partial charge in [0.05, 0.1) is 14.2 Å². The number of aliphatic hydroxyl groups excluding tert-OH is 1. The first-order valence-electron chi connectivity index (χ1n) is 4.53. The molecule has 0 atom stereocenters. The Labute approximate surface area is 119 Å². The molecule has 0 unspecified atom stereocenters. The van der Waals surface area contributed by atoms with Crippen molar-refractivity contribution in [1.82, 2.24) is 0 Å². The number of hydrogen-bond acceptors (Lipinski definition) is 3. The molecule has 2 heterocycles. The van der Waals surface area contributed by atoms with E-state index in [2.05, 4.69) is 44.0 Å². The van der Waals surface area contributed by atoms with Crippen LogP contribution in [0.2, 0.25) is 0 Å². The van der Waals surface area contributed by atoms with Crippen molar-refractivity contribution in [3.63, 3.8) is 0 Å². The zero-order valence-corrected chi connectivity index (χ0v) is 12.9. The van der Waals surface area contributed by atoms with Gasteiger partial charge >= 0.3 is 0 Å². The van der Waals surface area contributed by atoms with Crippen LogP contribution in [0.4, 0.5) is 0 Å². The number of aliphatic hydroxyl groups is 1. The minimum Gasteiger partial charge on any atom is -0.392 e. The van der Waals surface area contributed by atoms with Crippen molar-refractivity contribution < 1.29 is 5.11 Å². The van der Waals surface area contributed by atoms with Gasteiger partial charge in [0.15, 0.2) is 0 Å². The van der Waals surface area contributed by atoms with E-state index in [4.69, 9.17) is 5.11 Å². The fraction of sp³-hybridized carbons (Fsp3) is 0.0909. The van der Waals surface area contributed by atoms with E-state index in [1.54, 1.807) is 22.7 Å². The van der Waals surface area contributed by atoms with Crippen LogP contribution >= 0.6 is 54.5 Å². The van der Waals surface area contributed by atoms with E-state index in [1.807, 2.05) is 18.2 Å². The molecule has 0 saturated heterocycles. The lowest BCUT2D eigenvalue weighted by atomic mass is 10.2. The van der Waals surface area contributed by atoms with Gasteiger partial charge in [0.2, 0.25) is 0 Å². The van der Waals surface area contributed by atoms with Gasteiger partial charge in [-0.3, -0.25) is 0 Å². The van der Waals surface area contributed by atoms with Crippen LogP contribution in [0.3, 0.4) is 0 Å². The lowest BCUT2D eigenvalue weighted by Crippen LogP contribution is -1.83. The fourth-order valence-corrected chi connectivity index (χ4v) is 4.28. The first-order valence-corrected chi connectivity index (χ1v) is 7.75. The Bertz CT molecular complexity index is 471. The van der Waals surface area contributed by atoms with Crippen molar-refractivity contribution in [1.29, 1.82) is 0 Å². The monoisotopic (exact) mass is 378 g/mol. The minimum absolute atomic E-state index is 0.0559. The Morgan fingerprint density at radius 1 is 1.06 bits per heavy atom. The maximum atomic E-state index is 9.08. The van der Waals surface area contributed by atoms with Crippen molar-refractivity contribution in [2.75, 3.05) is 6.61 Å². The third kappa shape index (κ3) is 2.84. The van der Waals surface area contributed by atoms with Crippen molar-refractivity contribution in [3.05, 3.63) is 47.7 Å². The summed E-state index contributed by atoms with van der Waals surface area (Å²) in [4.78, 5) is 2.32. The maximum absolute atomic E-state index is 9.08. The van der Waals surface area contributed by atoms with Crippen LogP contribution in [0.1, 0.15) is 9.75 Å². The van der Waals surface area contributed by atoms with Gasteiger partial charge in [-0.15, -0.1) is 22.7 Å². The normalized spacial score (nSPS) is 10.4. The van der Waals surface area contributed by atoms with Gasteiger partial charge in [0.1, 0.15) is 0 Å². The average Bonchev–Trinajstić information content (AvgIpc) is 2.84. The lowest BCUT2D eigenvalue weighted by Gasteiger charge is -2.01. The second kappa shape index (κ2) is 5.60. The Morgan fingerprint density at radius 3 is 1.88 bits per heavy atom. The Balaban J connectivity index is 2.42. The zero-order valence-electron chi connectivity index (χ0n) is 8.11. The van der Waals surface area contributed by atoms with E-state index in [1.165, 1.54) is 0 Å². The zero-order chi connectivity index (χ0) is 11.5. The van der Waals surface area contributed by atoms with E-state index < -0.39 is 0 Å². The Hall–Kier alpha value is 0.0600. The lowest BCUT2D eigenvalue weighted by molar-refractivity contribution is 0.343. The third-order valence-corrected chi connectivity index (χ3v) is 5.29. The van der Waals surface area contributed by atoms with Gasteiger partial charge in [-0.1, -0.05) is 0 Å². The molecule has 0 saturated carbocycles. The molecule has 0 amide bonds. The standard InChI is InChI=1S/C11H8Br2OS2/c12-10-3-1-8(15-10)7(5-6-14)9-2-4-11(13)16-9/h1-5,14H,6H2. The highest BCUT2D eigenvalue weighted by Crippen LogP contribution is 2.36. The highest BCUT2D eigenvalue weighted by atomic mass is 79.9. The summed E-state index contributed by atoms with van der Waals surface area (Å²) in [7, 11) is 0. The largest absolute Gasteiger partial charge is 0.392 e. The molecule has 0 fully saturated rings. The topological polar surface area (TPSA) is 20.2 Å². The molecule has 0 aliphatic heterocycles. The van der Waals surface area contributed by atoms with Crippen LogP contribution in [0, 0.1) is 0 Å². The minimum atomic E-state index is 0.0559. The summed E-state index contributed by atoms with van der Waals surface area (Å²) in [5.41, 5.74) is 1.09. The van der Waals surface area contributed by atoms with Crippen LogP contribution < -0.4 is 0 Å². The van der Waals surface area contributed by atoms with Gasteiger partial charge in [-0.25, -0.2) is 0 Å². The van der Waals surface area contributed by atoms with Crippen molar-refractivity contribution in [2.45, 2.75) is 0 Å². The first kappa shape index (κ1) is 12.5. The summed E-state index contributed by atoms with van der Waals surface area (Å²) >= 11 is 10.2. The molecule has 2 rings (SSSR count). The van der Waals surface area contributed by atoms with E-state index in [0.717, 1.165) is 22.9 Å². The van der Waals surface area contributed by atoms with Crippen LogP contribution in [0.5, 0.6) is 0 Å². The molecule has 16 heavy (non-hydrogen) atoms. The summed E-state index contributed by atoms with van der Waals surface area (Å²) in [6.07, 6.45) is 1.84. The maximum Gasteiger partial charge on any atom is 0.0705 e. The molecule has 0 aromatic carbocycles. The molecule has 1 nitrogen and oxygen atoms in total. The molecule has 0 bridgehead atoms. The predicted molar refractivity (Wildman–Crippen MR) is 78.2 cm³/mol. The quantitative estimate of drug-likeness (QED) is 0.815. The van der Waals surface area contributed by atoms with Crippen LogP contribution in [-0.2, 0) is 0 Å². The fourth-order valence-electron chi connectivity index (χ4n) is 1.33. The highest BCUT2D eigenvalue weighted by molar-refractivity contribution is 9.11. The van der Waals surface area contributed by atoms with E-state index in [-0.39, 0.29) is 6.61 Å². The summed E-state index contributed by atoms with van der Waals surface area (Å²) in [5.74, 6) is 0. The summed E-state index contributed by atoms with van der Waals surface area (Å²) in [5, 5.41) is 9.08. The number of hydrogen-bond donors (Lipinski definition) is 1. The van der Waals surface area contributed by atoms with Crippen LogP contribution in [0.25, 0.3) is 5.57 Å². The van der Waals surface area contributed by atoms with Gasteiger partial charge in [0.25, 0.3) is 0 Å². The second-order valence-electron chi connectivity index (χ2n) is 3.01. The van der Waals surface area contributed by atoms with E-state index >= 15 is 0 Å². The van der Waals surface area contributed by atoms with Gasteiger partial charge in [-0.05, 0) is 62.2 Å². The van der Waals surface area contributed by atoms with Crippen molar-refractivity contribution in [2.24, 2.45) is 0 Å². The van der Waals surface area contributed by atoms with Gasteiger partial charge < -0.3 is 5.11 Å². The van der Waals surface area contributed by atoms with Crippen LogP contribution in [0.15, 0.2) is 37.9 Å². The molecule has 84 valence electrons. The molecule has 0 radical (unpaired) electrons. The van der Waals surface area contributed by atoms with Crippen LogP contribution in [-0.4, -0.2) is 11.7 Å². The predicted octanol–water partition coefficient (Wildman–Crippen LogP) is 4.76. The molecule has 1 N–H and O–H groups in total. The van der Waals surface area contributed by atoms with Crippen molar-refractivity contribution >= 4 is 60.1 Å². The first-order chi connectivity index (χ1) is 7.70. The Kier molecular flexibility index (Phi) is 4.38. The molecule has 5 heteroatoms. The van der Waals surface area contributed by atoms with Gasteiger partial charge in [-0.2, -0.15) is 0 Å². The number of rotatable bonds is 3. The highest BCUT2D eigenvalue weighted by Gasteiger charge is 2.09. The smallest absolute Gasteiger partial charge is 0.0705 e. The summed E-state index contributed by atoms with van der Waals surface area (Å²) in [6.45, 7) is 0.0559. The van der Waals surface area contributed by atoms with Crippen molar-refractivity contribution in [3.8, 4) is 0 Å². The number of halogens is 2. The molecular formula is C11H8Br2OS2. The summed E-state index contributed by atoms with van der Waals surface area (Å²) < 4.78 is 2.20. The van der Waals surface area contributed by atoms with E-state index in [0.29, 0.717) is 0 Å². The molecular weight excluding hydrogens is 372 g/mol. The molecule has 0 spiro atoms. The van der Waals surface area contributed by atoms with E-state index in [9.17, 15) is 0 Å². The molecule has 0 aliphatic carbocycles. The van der Waals surface area contributed by atoms with Gasteiger partial charge in [0, 0.05) is 15.3 Å². The second-order valence-corrected chi connectivity index (χ2v) is 7.93. The number of thiophene rings is 2. The SMILES string of the molecule is OCC=C(c1ccc(Br)s1)c1ccc(Br)s1. The average molecular weight is 380 g/mol. The summed E-state index contributed by atoms with van der Waals surface area (Å²) in [6, 6.07) is 8.16. The molecule has 2 aromatic heterocycles.